The molecule has 0 bridgehead atoms. The number of rotatable bonds is 8. The van der Waals surface area contributed by atoms with E-state index in [0.29, 0.717) is 23.1 Å². The summed E-state index contributed by atoms with van der Waals surface area (Å²) < 4.78 is 68.9. The number of aliphatic hydroxyl groups excluding tert-OH is 1. The number of aryl methyl sites for hydroxylation is 1. The maximum atomic E-state index is 13.9. The molecule has 1 aliphatic carbocycles. The number of nitrogens with one attached hydrogen (secondary N) is 2. The highest BCUT2D eigenvalue weighted by Crippen LogP contribution is 2.49. The number of alkyl halides is 3. The summed E-state index contributed by atoms with van der Waals surface area (Å²) in [5.74, 6) is -2.01. The second-order valence-corrected chi connectivity index (χ2v) is 9.24. The lowest BCUT2D eigenvalue weighted by Gasteiger charge is -2.26. The summed E-state index contributed by atoms with van der Waals surface area (Å²) in [6, 6.07) is 10.8. The molecule has 3 N–H and O–H groups in total. The van der Waals surface area contributed by atoms with E-state index in [4.69, 9.17) is 0 Å². The third kappa shape index (κ3) is 5.83. The van der Waals surface area contributed by atoms with Crippen LogP contribution >= 0.6 is 0 Å². The van der Waals surface area contributed by atoms with E-state index >= 15 is 0 Å². The molecule has 196 valence electrons. The largest absolute Gasteiger partial charge is 0.417 e. The van der Waals surface area contributed by atoms with Crippen LogP contribution in [0.15, 0.2) is 54.6 Å². The van der Waals surface area contributed by atoms with Gasteiger partial charge in [0.2, 0.25) is 5.91 Å². The average molecular weight is 519 g/mol. The molecule has 0 spiro atoms. The molecule has 0 aliphatic heterocycles. The lowest BCUT2D eigenvalue weighted by molar-refractivity contribution is -0.137. The van der Waals surface area contributed by atoms with Gasteiger partial charge in [0.1, 0.15) is 11.6 Å². The van der Waals surface area contributed by atoms with Crippen molar-refractivity contribution in [1.29, 1.82) is 0 Å². The van der Waals surface area contributed by atoms with Gasteiger partial charge in [-0.3, -0.25) is 4.79 Å². The van der Waals surface area contributed by atoms with Gasteiger partial charge in [0.15, 0.2) is 0 Å². The molecule has 0 radical (unpaired) electrons. The molecule has 1 amide bonds. The number of hydrogen-bond acceptors (Lipinski definition) is 3. The summed E-state index contributed by atoms with van der Waals surface area (Å²) in [6.07, 6.45) is -5.10. The molecule has 9 heteroatoms. The Hall–Kier alpha value is -3.30. The van der Waals surface area contributed by atoms with Crippen LogP contribution in [0.4, 0.5) is 22.0 Å². The topological polar surface area (TPSA) is 61.4 Å². The second-order valence-electron chi connectivity index (χ2n) is 9.24. The number of amides is 1. The minimum absolute atomic E-state index is 0.0485. The Labute approximate surface area is 211 Å². The van der Waals surface area contributed by atoms with E-state index < -0.39 is 47.5 Å². The zero-order chi connectivity index (χ0) is 26.9. The number of hydrogen-bond donors (Lipinski definition) is 3. The summed E-state index contributed by atoms with van der Waals surface area (Å²) in [7, 11) is 0. The molecule has 37 heavy (non-hydrogen) atoms. The Kier molecular flexibility index (Phi) is 7.66. The second kappa shape index (κ2) is 10.6. The van der Waals surface area contributed by atoms with Gasteiger partial charge in [0.25, 0.3) is 0 Å². The van der Waals surface area contributed by atoms with Gasteiger partial charge in [-0.25, -0.2) is 8.78 Å². The number of fused-ring (bicyclic) bond motifs is 3. The van der Waals surface area contributed by atoms with Crippen molar-refractivity contribution in [2.75, 3.05) is 6.54 Å². The van der Waals surface area contributed by atoms with Gasteiger partial charge >= 0.3 is 6.18 Å². The molecule has 1 aliphatic rings. The third-order valence-electron chi connectivity index (χ3n) is 6.58. The van der Waals surface area contributed by atoms with Crippen molar-refractivity contribution in [2.24, 2.45) is 0 Å². The highest BCUT2D eigenvalue weighted by atomic mass is 19.4. The standard InChI is InChI=1S/C28H27F5N2O2/c1-3-16-7-8-20-22(11-16)27(21-5-4-6-23(26(20)21)28(31,32)33)34-14-25(37)24(35-15(2)36)12-17-9-18(29)13-19(30)10-17/h4-11,13,24-25,27,34,37H,3,12,14H2,1-2H3,(H,35,36)/t24-,25+,27?/m0/s1. The lowest BCUT2D eigenvalue weighted by Crippen LogP contribution is -2.48. The van der Waals surface area contributed by atoms with E-state index in [0.717, 1.165) is 29.8 Å². The summed E-state index contributed by atoms with van der Waals surface area (Å²) >= 11 is 0. The first kappa shape index (κ1) is 26.8. The minimum Gasteiger partial charge on any atom is -0.390 e. The third-order valence-corrected chi connectivity index (χ3v) is 6.58. The normalized spacial score (nSPS) is 16.2. The van der Waals surface area contributed by atoms with Crippen molar-refractivity contribution in [2.45, 2.75) is 51.1 Å². The van der Waals surface area contributed by atoms with Gasteiger partial charge in [-0.05, 0) is 64.4 Å². The first-order chi connectivity index (χ1) is 17.5. The van der Waals surface area contributed by atoms with Crippen LogP contribution in [0.25, 0.3) is 11.1 Å². The van der Waals surface area contributed by atoms with Crippen LogP contribution in [0.1, 0.15) is 47.7 Å². The monoisotopic (exact) mass is 518 g/mol. The predicted molar refractivity (Wildman–Crippen MR) is 130 cm³/mol. The first-order valence-electron chi connectivity index (χ1n) is 11.9. The zero-order valence-corrected chi connectivity index (χ0v) is 20.3. The molecule has 0 fully saturated rings. The fourth-order valence-electron chi connectivity index (χ4n) is 4.94. The van der Waals surface area contributed by atoms with Gasteiger partial charge in [-0.1, -0.05) is 37.3 Å². The van der Waals surface area contributed by atoms with Gasteiger partial charge in [0.05, 0.1) is 23.8 Å². The van der Waals surface area contributed by atoms with Crippen LogP contribution in [0.2, 0.25) is 0 Å². The fourth-order valence-corrected chi connectivity index (χ4v) is 4.94. The zero-order valence-electron chi connectivity index (χ0n) is 20.3. The number of halogens is 5. The summed E-state index contributed by atoms with van der Waals surface area (Å²) in [5, 5.41) is 16.7. The summed E-state index contributed by atoms with van der Waals surface area (Å²) in [4.78, 5) is 11.8. The quantitative estimate of drug-likeness (QED) is 0.354. The Morgan fingerprint density at radius 3 is 2.32 bits per heavy atom. The summed E-state index contributed by atoms with van der Waals surface area (Å²) in [6.45, 7) is 3.11. The van der Waals surface area contributed by atoms with Gasteiger partial charge < -0.3 is 15.7 Å². The number of aliphatic hydroxyl groups is 1. The number of benzene rings is 3. The number of carbonyl (C=O) groups excluding carboxylic acids is 1. The minimum atomic E-state index is -4.54. The fraction of sp³-hybridized carbons (Fsp3) is 0.321. The Morgan fingerprint density at radius 2 is 1.70 bits per heavy atom. The molecular weight excluding hydrogens is 491 g/mol. The van der Waals surface area contributed by atoms with Crippen LogP contribution in [0.5, 0.6) is 0 Å². The maximum Gasteiger partial charge on any atom is 0.417 e. The van der Waals surface area contributed by atoms with Crippen molar-refractivity contribution < 1.29 is 31.9 Å². The lowest BCUT2D eigenvalue weighted by atomic mass is 9.98. The highest BCUT2D eigenvalue weighted by molar-refractivity contribution is 5.82. The Bertz CT molecular complexity index is 1290. The smallest absolute Gasteiger partial charge is 0.390 e. The van der Waals surface area contributed by atoms with Crippen molar-refractivity contribution >= 4 is 5.91 Å². The Balaban J connectivity index is 1.63. The maximum absolute atomic E-state index is 13.9. The molecule has 0 heterocycles. The van der Waals surface area contributed by atoms with E-state index in [-0.39, 0.29) is 24.1 Å². The molecule has 0 saturated carbocycles. The van der Waals surface area contributed by atoms with Crippen molar-refractivity contribution in [3.8, 4) is 11.1 Å². The molecule has 1 unspecified atom stereocenters. The molecule has 3 atom stereocenters. The van der Waals surface area contributed by atoms with E-state index in [1.807, 2.05) is 13.0 Å². The molecule has 3 aromatic rings. The summed E-state index contributed by atoms with van der Waals surface area (Å²) in [5.41, 5.74) is 2.15. The highest BCUT2D eigenvalue weighted by Gasteiger charge is 2.40. The molecule has 0 aromatic heterocycles. The first-order valence-corrected chi connectivity index (χ1v) is 11.9. The average Bonchev–Trinajstić information content (AvgIpc) is 3.13. The van der Waals surface area contributed by atoms with E-state index in [2.05, 4.69) is 10.6 Å². The Morgan fingerprint density at radius 1 is 1.00 bits per heavy atom. The van der Waals surface area contributed by atoms with E-state index in [1.54, 1.807) is 18.2 Å². The van der Waals surface area contributed by atoms with Gasteiger partial charge in [-0.2, -0.15) is 13.2 Å². The molecular formula is C28H27F5N2O2. The molecule has 4 rings (SSSR count). The van der Waals surface area contributed by atoms with Crippen LogP contribution < -0.4 is 10.6 Å². The van der Waals surface area contributed by atoms with Gasteiger partial charge in [-0.15, -0.1) is 0 Å². The van der Waals surface area contributed by atoms with Crippen LogP contribution in [0, 0.1) is 11.6 Å². The van der Waals surface area contributed by atoms with Crippen molar-refractivity contribution in [3.63, 3.8) is 0 Å². The van der Waals surface area contributed by atoms with Crippen molar-refractivity contribution in [3.05, 3.63) is 94.0 Å². The SMILES string of the molecule is CCc1ccc2c(c1)C(NC[C@@H](O)[C@H](Cc1cc(F)cc(F)c1)NC(C)=O)c1cccc(C(F)(F)F)c1-2. The van der Waals surface area contributed by atoms with Crippen LogP contribution in [-0.4, -0.2) is 29.7 Å². The van der Waals surface area contributed by atoms with Gasteiger partial charge in [0, 0.05) is 19.5 Å². The van der Waals surface area contributed by atoms with E-state index in [1.165, 1.54) is 13.0 Å². The van der Waals surface area contributed by atoms with E-state index in [9.17, 15) is 31.9 Å². The van der Waals surface area contributed by atoms with Crippen LogP contribution in [0.3, 0.4) is 0 Å². The molecule has 3 aromatic carbocycles. The predicted octanol–water partition coefficient (Wildman–Crippen LogP) is 5.31. The molecule has 0 saturated heterocycles. The number of carbonyl (C=O) groups is 1. The van der Waals surface area contributed by atoms with Crippen molar-refractivity contribution in [1.82, 2.24) is 10.6 Å². The van der Waals surface area contributed by atoms with Crippen LogP contribution in [-0.2, 0) is 23.8 Å². The molecule has 4 nitrogen and oxygen atoms in total.